The molecule has 0 aliphatic carbocycles. The minimum atomic E-state index is 0.241. The third-order valence-corrected chi connectivity index (χ3v) is 3.19. The number of rotatable bonds is 3. The summed E-state index contributed by atoms with van der Waals surface area (Å²) in [6, 6.07) is 3.57. The van der Waals surface area contributed by atoms with Gasteiger partial charge in [0.15, 0.2) is 11.5 Å². The predicted octanol–water partition coefficient (Wildman–Crippen LogP) is 2.53. The maximum Gasteiger partial charge on any atom is 0.231 e. The number of hydrogen-bond acceptors (Lipinski definition) is 6. The van der Waals surface area contributed by atoms with Gasteiger partial charge in [-0.05, 0) is 11.5 Å². The number of nitrogens with one attached hydrogen (secondary N) is 1. The Balaban J connectivity index is 1.79. The molecule has 5 nitrogen and oxygen atoms in total. The molecule has 1 aromatic carbocycles. The van der Waals surface area contributed by atoms with Crippen LogP contribution in [0.1, 0.15) is 5.69 Å². The van der Waals surface area contributed by atoms with Crippen LogP contribution in [0.3, 0.4) is 0 Å². The second kappa shape index (κ2) is 4.38. The Morgan fingerprint density at radius 3 is 2.94 bits per heavy atom. The van der Waals surface area contributed by atoms with Crippen molar-refractivity contribution >= 4 is 28.8 Å². The van der Waals surface area contributed by atoms with Crippen LogP contribution in [0.25, 0.3) is 0 Å². The van der Waals surface area contributed by atoms with Crippen LogP contribution in [-0.4, -0.2) is 16.4 Å². The van der Waals surface area contributed by atoms with Crippen molar-refractivity contribution in [2.24, 2.45) is 0 Å². The molecule has 2 aromatic rings. The number of aromatic nitrogens is 2. The summed E-state index contributed by atoms with van der Waals surface area (Å²) in [7, 11) is 0. The van der Waals surface area contributed by atoms with Crippen molar-refractivity contribution in [3.8, 4) is 11.5 Å². The smallest absolute Gasteiger partial charge is 0.231 e. The first-order chi connectivity index (χ1) is 8.33. The first-order valence-electron chi connectivity index (χ1n) is 4.92. The van der Waals surface area contributed by atoms with Crippen molar-refractivity contribution in [1.29, 1.82) is 0 Å². The molecule has 0 atom stereocenters. The molecule has 0 saturated heterocycles. The zero-order chi connectivity index (χ0) is 11.7. The summed E-state index contributed by atoms with van der Waals surface area (Å²) < 4.78 is 14.3. The van der Waals surface area contributed by atoms with Gasteiger partial charge in [0.05, 0.1) is 22.9 Å². The largest absolute Gasteiger partial charge is 0.454 e. The summed E-state index contributed by atoms with van der Waals surface area (Å²) in [5.74, 6) is 1.38. The van der Waals surface area contributed by atoms with E-state index < -0.39 is 0 Å². The molecular weight excluding hydrogens is 262 g/mol. The van der Waals surface area contributed by atoms with E-state index in [0.717, 1.165) is 11.4 Å². The van der Waals surface area contributed by atoms with Crippen molar-refractivity contribution < 1.29 is 9.47 Å². The normalized spacial score (nSPS) is 12.8. The average Bonchev–Trinajstić information content (AvgIpc) is 2.95. The fourth-order valence-electron chi connectivity index (χ4n) is 1.50. The molecule has 0 bridgehead atoms. The van der Waals surface area contributed by atoms with Crippen molar-refractivity contribution in [2.75, 3.05) is 12.1 Å². The van der Waals surface area contributed by atoms with E-state index in [2.05, 4.69) is 14.9 Å². The molecule has 1 aliphatic rings. The van der Waals surface area contributed by atoms with Crippen LogP contribution in [0.4, 0.5) is 5.69 Å². The first kappa shape index (κ1) is 10.6. The van der Waals surface area contributed by atoms with Crippen molar-refractivity contribution in [3.63, 3.8) is 0 Å². The standard InChI is InChI=1S/C10H8ClN3O2S/c11-7-1-9-10(16-5-15-9)2-8(7)12-3-6-4-17-14-13-6/h1-2,4,12H,3,5H2. The van der Waals surface area contributed by atoms with Gasteiger partial charge in [-0.1, -0.05) is 16.1 Å². The van der Waals surface area contributed by atoms with Gasteiger partial charge in [0.25, 0.3) is 0 Å². The van der Waals surface area contributed by atoms with E-state index in [4.69, 9.17) is 21.1 Å². The zero-order valence-electron chi connectivity index (χ0n) is 8.64. The number of ether oxygens (including phenoxy) is 2. The fourth-order valence-corrected chi connectivity index (χ4v) is 2.17. The Labute approximate surface area is 106 Å². The van der Waals surface area contributed by atoms with Gasteiger partial charge in [-0.25, -0.2) is 0 Å². The summed E-state index contributed by atoms with van der Waals surface area (Å²) in [5, 5.41) is 9.60. The molecule has 0 unspecified atom stereocenters. The van der Waals surface area contributed by atoms with Crippen LogP contribution >= 0.6 is 23.1 Å². The summed E-state index contributed by atoms with van der Waals surface area (Å²) in [4.78, 5) is 0. The molecular formula is C10H8ClN3O2S. The molecule has 88 valence electrons. The molecule has 1 N–H and O–H groups in total. The third kappa shape index (κ3) is 2.13. The molecule has 0 amide bonds. The minimum absolute atomic E-state index is 0.241. The second-order valence-corrected chi connectivity index (χ2v) is 4.45. The number of hydrogen-bond donors (Lipinski definition) is 1. The lowest BCUT2D eigenvalue weighted by Crippen LogP contribution is -2.00. The Bertz CT molecular complexity index is 533. The van der Waals surface area contributed by atoms with Crippen LogP contribution in [0.15, 0.2) is 17.5 Å². The van der Waals surface area contributed by atoms with Gasteiger partial charge >= 0.3 is 0 Å². The zero-order valence-corrected chi connectivity index (χ0v) is 10.2. The first-order valence-corrected chi connectivity index (χ1v) is 6.13. The molecule has 0 spiro atoms. The Hall–Kier alpha value is -1.53. The van der Waals surface area contributed by atoms with Crippen LogP contribution in [0.5, 0.6) is 11.5 Å². The maximum atomic E-state index is 6.12. The number of fused-ring (bicyclic) bond motifs is 1. The van der Waals surface area contributed by atoms with E-state index in [0.29, 0.717) is 23.1 Å². The molecule has 2 heterocycles. The molecule has 3 rings (SSSR count). The predicted molar refractivity (Wildman–Crippen MR) is 64.8 cm³/mol. The topological polar surface area (TPSA) is 56.3 Å². The average molecular weight is 270 g/mol. The van der Waals surface area contributed by atoms with E-state index in [1.165, 1.54) is 11.5 Å². The lowest BCUT2D eigenvalue weighted by atomic mass is 10.2. The Morgan fingerprint density at radius 1 is 1.35 bits per heavy atom. The van der Waals surface area contributed by atoms with Crippen molar-refractivity contribution in [1.82, 2.24) is 9.59 Å². The van der Waals surface area contributed by atoms with Gasteiger partial charge in [-0.15, -0.1) is 5.10 Å². The molecule has 0 radical (unpaired) electrons. The SMILES string of the molecule is Clc1cc2c(cc1NCc1csnn1)OCO2. The highest BCUT2D eigenvalue weighted by Gasteiger charge is 2.16. The van der Waals surface area contributed by atoms with Gasteiger partial charge in [-0.3, -0.25) is 0 Å². The number of anilines is 1. The van der Waals surface area contributed by atoms with Gasteiger partial charge in [0, 0.05) is 17.5 Å². The van der Waals surface area contributed by atoms with Crippen LogP contribution < -0.4 is 14.8 Å². The minimum Gasteiger partial charge on any atom is -0.454 e. The van der Waals surface area contributed by atoms with E-state index in [-0.39, 0.29) is 6.79 Å². The quantitative estimate of drug-likeness (QED) is 0.928. The number of halogens is 1. The van der Waals surface area contributed by atoms with Gasteiger partial charge in [0.2, 0.25) is 6.79 Å². The highest BCUT2D eigenvalue weighted by Crippen LogP contribution is 2.39. The van der Waals surface area contributed by atoms with Crippen LogP contribution in [-0.2, 0) is 6.54 Å². The molecule has 0 saturated carbocycles. The van der Waals surface area contributed by atoms with E-state index in [1.807, 2.05) is 11.4 Å². The summed E-state index contributed by atoms with van der Waals surface area (Å²) in [5.41, 5.74) is 1.67. The lowest BCUT2D eigenvalue weighted by molar-refractivity contribution is 0.174. The lowest BCUT2D eigenvalue weighted by Gasteiger charge is -2.07. The van der Waals surface area contributed by atoms with Crippen molar-refractivity contribution in [3.05, 3.63) is 28.2 Å². The monoisotopic (exact) mass is 269 g/mol. The molecule has 7 heteroatoms. The maximum absolute atomic E-state index is 6.12. The molecule has 0 fully saturated rings. The Kier molecular flexibility index (Phi) is 2.74. The van der Waals surface area contributed by atoms with E-state index in [9.17, 15) is 0 Å². The highest BCUT2D eigenvalue weighted by atomic mass is 35.5. The van der Waals surface area contributed by atoms with Gasteiger partial charge < -0.3 is 14.8 Å². The van der Waals surface area contributed by atoms with Crippen LogP contribution in [0, 0.1) is 0 Å². The van der Waals surface area contributed by atoms with E-state index >= 15 is 0 Å². The molecule has 1 aliphatic heterocycles. The third-order valence-electron chi connectivity index (χ3n) is 2.33. The van der Waals surface area contributed by atoms with Gasteiger partial charge in [0.1, 0.15) is 0 Å². The fraction of sp³-hybridized carbons (Fsp3) is 0.200. The molecule has 17 heavy (non-hydrogen) atoms. The Morgan fingerprint density at radius 2 is 2.18 bits per heavy atom. The van der Waals surface area contributed by atoms with Crippen LogP contribution in [0.2, 0.25) is 5.02 Å². The van der Waals surface area contributed by atoms with Crippen molar-refractivity contribution in [2.45, 2.75) is 6.54 Å². The van der Waals surface area contributed by atoms with E-state index in [1.54, 1.807) is 6.07 Å². The summed E-state index contributed by atoms with van der Waals surface area (Å²) >= 11 is 7.44. The number of nitrogens with zero attached hydrogens (tertiary/aromatic N) is 2. The summed E-state index contributed by atoms with van der Waals surface area (Å²) in [6.07, 6.45) is 0. The number of benzene rings is 1. The van der Waals surface area contributed by atoms with Gasteiger partial charge in [-0.2, -0.15) is 0 Å². The molecule has 1 aromatic heterocycles. The second-order valence-electron chi connectivity index (χ2n) is 3.44. The highest BCUT2D eigenvalue weighted by molar-refractivity contribution is 7.03. The summed E-state index contributed by atoms with van der Waals surface area (Å²) in [6.45, 7) is 0.820.